The highest BCUT2D eigenvalue weighted by atomic mass is 19.4. The number of hydrogen-bond acceptors (Lipinski definition) is 5. The molecule has 0 aliphatic carbocycles. The summed E-state index contributed by atoms with van der Waals surface area (Å²) in [5.41, 5.74) is -3.17. The Morgan fingerprint density at radius 3 is 2.14 bits per heavy atom. The summed E-state index contributed by atoms with van der Waals surface area (Å²) < 4.78 is 110. The third kappa shape index (κ3) is 6.30. The van der Waals surface area contributed by atoms with E-state index in [1.54, 1.807) is 0 Å². The molecular weight excluding hydrogens is 510 g/mol. The number of alkyl halides is 6. The number of rotatable bonds is 5. The zero-order valence-electron chi connectivity index (χ0n) is 18.3. The number of benzene rings is 1. The molecule has 0 bridgehead atoms. The lowest BCUT2D eigenvalue weighted by Gasteiger charge is -2.33. The van der Waals surface area contributed by atoms with Crippen LogP contribution in [0, 0.1) is 17.6 Å². The molecule has 4 rings (SSSR count). The number of amides is 2. The molecule has 0 spiro atoms. The number of carbonyl (C=O) groups is 2. The predicted molar refractivity (Wildman–Crippen MR) is 104 cm³/mol. The monoisotopic (exact) mass is 529 g/mol. The summed E-state index contributed by atoms with van der Waals surface area (Å²) in [6.45, 7) is 1.54. The number of halogens is 8. The summed E-state index contributed by atoms with van der Waals surface area (Å²) >= 11 is 0. The van der Waals surface area contributed by atoms with Gasteiger partial charge < -0.3 is 19.5 Å². The van der Waals surface area contributed by atoms with Crippen LogP contribution in [0.3, 0.4) is 0 Å². The fourth-order valence-electron chi connectivity index (χ4n) is 3.60. The van der Waals surface area contributed by atoms with Gasteiger partial charge in [0.25, 0.3) is 5.91 Å². The van der Waals surface area contributed by atoms with E-state index in [9.17, 15) is 44.7 Å². The minimum absolute atomic E-state index is 0.101. The van der Waals surface area contributed by atoms with Gasteiger partial charge >= 0.3 is 12.4 Å². The van der Waals surface area contributed by atoms with Gasteiger partial charge in [0.15, 0.2) is 5.69 Å². The van der Waals surface area contributed by atoms with Crippen molar-refractivity contribution in [1.29, 1.82) is 0 Å². The molecule has 15 heteroatoms. The van der Waals surface area contributed by atoms with E-state index in [2.05, 4.69) is 15.0 Å². The van der Waals surface area contributed by atoms with Crippen molar-refractivity contribution in [3.63, 3.8) is 0 Å². The van der Waals surface area contributed by atoms with Crippen LogP contribution in [-0.2, 0) is 21.9 Å². The highest BCUT2D eigenvalue weighted by Gasteiger charge is 2.38. The van der Waals surface area contributed by atoms with Crippen LogP contribution in [0.15, 0.2) is 22.7 Å². The Kier molecular flexibility index (Phi) is 8.21. The molecule has 7 nitrogen and oxygen atoms in total. The van der Waals surface area contributed by atoms with Crippen LogP contribution in [0.2, 0.25) is 0 Å². The zero-order chi connectivity index (χ0) is 26.7. The quantitative estimate of drug-likeness (QED) is 0.460. The van der Waals surface area contributed by atoms with Gasteiger partial charge in [0.1, 0.15) is 11.6 Å². The van der Waals surface area contributed by atoms with Crippen molar-refractivity contribution in [2.45, 2.75) is 31.2 Å². The van der Waals surface area contributed by atoms with Gasteiger partial charge in [0, 0.05) is 30.6 Å². The minimum Gasteiger partial charge on any atom is -0.381 e. The van der Waals surface area contributed by atoms with Crippen LogP contribution in [0.1, 0.15) is 46.3 Å². The van der Waals surface area contributed by atoms with Gasteiger partial charge in [-0.1, -0.05) is 5.16 Å². The van der Waals surface area contributed by atoms with Gasteiger partial charge in [-0.15, -0.1) is 0 Å². The molecule has 2 aliphatic rings. The third-order valence-electron chi connectivity index (χ3n) is 5.51. The fraction of sp³-hybridized carbons (Fsp3) is 0.476. The molecule has 36 heavy (non-hydrogen) atoms. The summed E-state index contributed by atoms with van der Waals surface area (Å²) in [4.78, 5) is 23.6. The molecule has 2 amide bonds. The largest absolute Gasteiger partial charge is 0.436 e. The Bertz CT molecular complexity index is 1080. The Morgan fingerprint density at radius 2 is 1.67 bits per heavy atom. The van der Waals surface area contributed by atoms with E-state index in [1.807, 2.05) is 0 Å². The molecule has 1 unspecified atom stereocenters. The zero-order valence-corrected chi connectivity index (χ0v) is 18.3. The highest BCUT2D eigenvalue weighted by Crippen LogP contribution is 2.36. The lowest BCUT2D eigenvalue weighted by molar-refractivity contribution is -0.143. The van der Waals surface area contributed by atoms with Crippen molar-refractivity contribution in [3.05, 3.63) is 52.4 Å². The number of nitrogens with zero attached hydrogens (tertiary/aromatic N) is 2. The van der Waals surface area contributed by atoms with E-state index in [4.69, 9.17) is 4.74 Å². The molecule has 198 valence electrons. The first-order chi connectivity index (χ1) is 16.8. The first-order valence-corrected chi connectivity index (χ1v) is 10.5. The van der Waals surface area contributed by atoms with Crippen LogP contribution in [0.4, 0.5) is 35.1 Å². The van der Waals surface area contributed by atoms with Gasteiger partial charge in [-0.05, 0) is 25.0 Å². The van der Waals surface area contributed by atoms with Crippen molar-refractivity contribution in [3.8, 4) is 0 Å². The van der Waals surface area contributed by atoms with E-state index in [1.165, 1.54) is 4.90 Å². The molecule has 3 heterocycles. The SMILES string of the molecule is O=C(c1cc(C(F)(F)F)no1)N1CCCC1.O=CNC(c1cc(F)c(C(F)(F)F)cc1F)C1COC1. The van der Waals surface area contributed by atoms with Crippen molar-refractivity contribution in [2.75, 3.05) is 26.3 Å². The standard InChI is InChI=1S/C12H10F5NO2.C9H9F3N2O2/c13-9-2-8(12(15,16)17)10(14)1-7(9)11(18-5-19)6-3-20-4-6;10-9(11,12)7-5-6(16-13-7)8(15)14-3-1-2-4-14/h1-2,5-6,11H,3-4H2,(H,18,19);5H,1-4H2. The average molecular weight is 529 g/mol. The maximum absolute atomic E-state index is 13.8. The Labute approximate surface area is 198 Å². The Hall–Kier alpha value is -3.23. The molecule has 2 saturated heterocycles. The lowest BCUT2D eigenvalue weighted by atomic mass is 9.90. The van der Waals surface area contributed by atoms with Crippen LogP contribution < -0.4 is 5.32 Å². The number of carbonyl (C=O) groups excluding carboxylic acids is 2. The van der Waals surface area contributed by atoms with Crippen molar-refractivity contribution >= 4 is 12.3 Å². The van der Waals surface area contributed by atoms with Crippen LogP contribution >= 0.6 is 0 Å². The maximum Gasteiger partial charge on any atom is 0.436 e. The van der Waals surface area contributed by atoms with Gasteiger partial charge in [-0.25, -0.2) is 8.78 Å². The van der Waals surface area contributed by atoms with Gasteiger partial charge in [0.2, 0.25) is 12.2 Å². The van der Waals surface area contributed by atoms with E-state index in [0.717, 1.165) is 12.8 Å². The number of aromatic nitrogens is 1. The number of ether oxygens (including phenoxy) is 1. The molecule has 2 aromatic rings. The van der Waals surface area contributed by atoms with Crippen molar-refractivity contribution in [1.82, 2.24) is 15.4 Å². The van der Waals surface area contributed by atoms with Crippen LogP contribution in [0.25, 0.3) is 0 Å². The number of hydrogen-bond donors (Lipinski definition) is 1. The molecular formula is C21H19F8N3O4. The predicted octanol–water partition coefficient (Wildman–Crippen LogP) is 4.35. The summed E-state index contributed by atoms with van der Waals surface area (Å²) in [7, 11) is 0. The lowest BCUT2D eigenvalue weighted by Crippen LogP contribution is -2.40. The first kappa shape index (κ1) is 27.4. The fourth-order valence-corrected chi connectivity index (χ4v) is 3.60. The topological polar surface area (TPSA) is 84.7 Å². The summed E-state index contributed by atoms with van der Waals surface area (Å²) in [6, 6.07) is 0.292. The average Bonchev–Trinajstić information content (AvgIpc) is 3.45. The minimum atomic E-state index is -4.98. The molecule has 1 atom stereocenters. The first-order valence-electron chi connectivity index (χ1n) is 10.5. The summed E-state index contributed by atoms with van der Waals surface area (Å²) in [5.74, 6) is -3.97. The highest BCUT2D eigenvalue weighted by molar-refractivity contribution is 5.91. The van der Waals surface area contributed by atoms with E-state index in [-0.39, 0.29) is 42.9 Å². The molecule has 2 fully saturated rings. The van der Waals surface area contributed by atoms with E-state index >= 15 is 0 Å². The normalized spacial score (nSPS) is 17.2. The van der Waals surface area contributed by atoms with E-state index < -0.39 is 47.2 Å². The second-order valence-corrected chi connectivity index (χ2v) is 7.98. The van der Waals surface area contributed by atoms with Gasteiger partial charge in [-0.3, -0.25) is 9.59 Å². The second-order valence-electron chi connectivity index (χ2n) is 7.98. The summed E-state index contributed by atoms with van der Waals surface area (Å²) in [5, 5.41) is 5.11. The molecule has 2 aliphatic heterocycles. The molecule has 0 radical (unpaired) electrons. The molecule has 1 N–H and O–H groups in total. The summed E-state index contributed by atoms with van der Waals surface area (Å²) in [6.07, 6.45) is -7.53. The van der Waals surface area contributed by atoms with E-state index in [0.29, 0.717) is 25.2 Å². The Balaban J connectivity index is 0.000000205. The molecule has 0 saturated carbocycles. The number of likely N-dealkylation sites (tertiary alicyclic amines) is 1. The van der Waals surface area contributed by atoms with Gasteiger partial charge in [-0.2, -0.15) is 26.3 Å². The van der Waals surface area contributed by atoms with Crippen LogP contribution in [-0.4, -0.2) is 48.7 Å². The third-order valence-corrected chi connectivity index (χ3v) is 5.51. The smallest absolute Gasteiger partial charge is 0.381 e. The maximum atomic E-state index is 13.8. The molecule has 1 aromatic carbocycles. The van der Waals surface area contributed by atoms with Gasteiger partial charge in [0.05, 0.1) is 24.8 Å². The number of nitrogens with one attached hydrogen (secondary N) is 1. The van der Waals surface area contributed by atoms with Crippen LogP contribution in [0.5, 0.6) is 0 Å². The van der Waals surface area contributed by atoms with Crippen molar-refractivity contribution in [2.24, 2.45) is 5.92 Å². The second kappa shape index (κ2) is 10.8. The Morgan fingerprint density at radius 1 is 1.03 bits per heavy atom. The molecule has 1 aromatic heterocycles. The van der Waals surface area contributed by atoms with Crippen molar-refractivity contribution < 1.29 is 54.0 Å².